The van der Waals surface area contributed by atoms with E-state index in [9.17, 15) is 0 Å². The van der Waals surface area contributed by atoms with Crippen molar-refractivity contribution in [2.45, 2.75) is 19.3 Å². The van der Waals surface area contributed by atoms with E-state index in [0.717, 1.165) is 77.6 Å². The van der Waals surface area contributed by atoms with Crippen LogP contribution in [0, 0.1) is 0 Å². The molecule has 14 aromatic rings. The van der Waals surface area contributed by atoms with Crippen molar-refractivity contribution in [3.63, 3.8) is 0 Å². The molecule has 0 spiro atoms. The van der Waals surface area contributed by atoms with Crippen molar-refractivity contribution in [1.82, 2.24) is 19.1 Å². The molecule has 0 atom stereocenters. The van der Waals surface area contributed by atoms with Gasteiger partial charge in [0.05, 0.1) is 33.3 Å². The Hall–Kier alpha value is -9.06. The van der Waals surface area contributed by atoms with E-state index in [-0.39, 0.29) is 5.41 Å². The second-order valence-corrected chi connectivity index (χ2v) is 19.3. The van der Waals surface area contributed by atoms with Gasteiger partial charge in [-0.05, 0) is 124 Å². The van der Waals surface area contributed by atoms with Gasteiger partial charge in [-0.3, -0.25) is 0 Å². The van der Waals surface area contributed by atoms with Gasteiger partial charge < -0.3 is 13.6 Å². The van der Waals surface area contributed by atoms with Crippen LogP contribution in [-0.2, 0) is 5.41 Å². The van der Waals surface area contributed by atoms with Crippen LogP contribution in [-0.4, -0.2) is 19.1 Å². The van der Waals surface area contributed by atoms with Gasteiger partial charge in [0.1, 0.15) is 11.2 Å². The zero-order chi connectivity index (χ0) is 46.2. The van der Waals surface area contributed by atoms with Crippen molar-refractivity contribution >= 4 is 76.5 Å². The van der Waals surface area contributed by atoms with Crippen LogP contribution in [0.15, 0.2) is 223 Å². The molecule has 0 fully saturated rings. The Kier molecular flexibility index (Phi) is 8.06. The Morgan fingerprint density at radius 1 is 0.357 bits per heavy atom. The van der Waals surface area contributed by atoms with Crippen LogP contribution in [0.1, 0.15) is 25.0 Å². The summed E-state index contributed by atoms with van der Waals surface area (Å²) in [6.07, 6.45) is 0. The number of aromatic nitrogens is 4. The van der Waals surface area contributed by atoms with Crippen molar-refractivity contribution in [2.24, 2.45) is 0 Å². The number of furan rings is 1. The fraction of sp³-hybridized carbons (Fsp3) is 0.0462. The number of para-hydroxylation sites is 3. The maximum Gasteiger partial charge on any atom is 0.160 e. The van der Waals surface area contributed by atoms with Crippen molar-refractivity contribution in [1.29, 1.82) is 0 Å². The molecule has 0 radical (unpaired) electrons. The van der Waals surface area contributed by atoms with Crippen LogP contribution in [0.2, 0.25) is 0 Å². The Bertz CT molecular complexity index is 4480. The Morgan fingerprint density at radius 2 is 0.943 bits per heavy atom. The van der Waals surface area contributed by atoms with Gasteiger partial charge in [0.25, 0.3) is 0 Å². The normalized spacial score (nSPS) is 13.1. The van der Waals surface area contributed by atoms with Crippen LogP contribution in [0.4, 0.5) is 0 Å². The molecule has 0 saturated carbocycles. The first kappa shape index (κ1) is 39.0. The summed E-state index contributed by atoms with van der Waals surface area (Å²) in [4.78, 5) is 10.3. The molecule has 0 aliphatic heterocycles. The average Bonchev–Trinajstić information content (AvgIpc) is 4.11. The van der Waals surface area contributed by atoms with Gasteiger partial charge in [0.15, 0.2) is 5.82 Å². The van der Waals surface area contributed by atoms with Gasteiger partial charge in [0.2, 0.25) is 0 Å². The number of nitrogens with zero attached hydrogens (tertiary/aromatic N) is 4. The standard InChI is InChI=1S/C65H42N4O/c1-65(2)54-22-12-9-19-45(54)48-35-51-49-33-41(42-27-31-57-50(34-42)52-36-53-46-20-11-14-24-61(46)70-62(53)38-60(52)68(57)43-17-7-4-8-18-43)28-32-58(49)69(59(51)37-55(48)65)44-29-25-40(26-30-44)64-66-56-23-13-10-21-47(56)63(67-64)39-15-5-3-6-16-39/h3-38H,1-2H3. The van der Waals surface area contributed by atoms with E-state index in [1.165, 1.54) is 60.4 Å². The zero-order valence-electron chi connectivity index (χ0n) is 38.5. The summed E-state index contributed by atoms with van der Waals surface area (Å²) in [6.45, 7) is 4.73. The fourth-order valence-corrected chi connectivity index (χ4v) is 11.7. The lowest BCUT2D eigenvalue weighted by Crippen LogP contribution is -2.14. The van der Waals surface area contributed by atoms with Crippen LogP contribution < -0.4 is 0 Å². The van der Waals surface area contributed by atoms with E-state index in [1.807, 2.05) is 18.2 Å². The molecule has 0 bridgehead atoms. The summed E-state index contributed by atoms with van der Waals surface area (Å²) < 4.78 is 11.3. The molecule has 0 saturated heterocycles. The number of rotatable bonds is 5. The number of hydrogen-bond acceptors (Lipinski definition) is 3. The number of hydrogen-bond donors (Lipinski definition) is 0. The SMILES string of the molecule is CC1(C)c2ccccc2-c2cc3c4cc(-c5ccc6c(c5)c5cc7c(cc5n6-c5ccccc5)oc5ccccc57)ccc4n(-c4ccc(-c5nc(-c6ccccc6)c6ccccc6n5)cc4)c3cc21. The minimum Gasteiger partial charge on any atom is -0.456 e. The third kappa shape index (κ3) is 5.60. The average molecular weight is 895 g/mol. The van der Waals surface area contributed by atoms with Gasteiger partial charge in [-0.2, -0.15) is 0 Å². The predicted octanol–water partition coefficient (Wildman–Crippen LogP) is 17.0. The molecule has 15 rings (SSSR count). The van der Waals surface area contributed by atoms with E-state index in [2.05, 4.69) is 223 Å². The smallest absolute Gasteiger partial charge is 0.160 e. The lowest BCUT2D eigenvalue weighted by molar-refractivity contribution is 0.661. The molecule has 0 unspecified atom stereocenters. The first-order valence-electron chi connectivity index (χ1n) is 24.1. The zero-order valence-corrected chi connectivity index (χ0v) is 38.5. The summed E-state index contributed by atoms with van der Waals surface area (Å²) in [5, 5.41) is 8.14. The molecule has 5 heteroatoms. The third-order valence-corrected chi connectivity index (χ3v) is 15.1. The molecular formula is C65H42N4O. The van der Waals surface area contributed by atoms with Crippen LogP contribution in [0.3, 0.4) is 0 Å². The van der Waals surface area contributed by atoms with Gasteiger partial charge in [-0.25, -0.2) is 9.97 Å². The molecule has 0 N–H and O–H groups in total. The molecule has 4 aromatic heterocycles. The molecule has 5 nitrogen and oxygen atoms in total. The maximum absolute atomic E-state index is 6.45. The van der Waals surface area contributed by atoms with E-state index in [4.69, 9.17) is 14.4 Å². The van der Waals surface area contributed by atoms with Crippen molar-refractivity contribution in [3.05, 3.63) is 230 Å². The highest BCUT2D eigenvalue weighted by atomic mass is 16.3. The fourth-order valence-electron chi connectivity index (χ4n) is 11.7. The third-order valence-electron chi connectivity index (χ3n) is 15.1. The molecule has 4 heterocycles. The quantitative estimate of drug-likeness (QED) is 0.173. The lowest BCUT2D eigenvalue weighted by atomic mass is 9.82. The molecule has 328 valence electrons. The highest BCUT2D eigenvalue weighted by Gasteiger charge is 2.36. The summed E-state index contributed by atoms with van der Waals surface area (Å²) in [5.74, 6) is 0.708. The second-order valence-electron chi connectivity index (χ2n) is 19.3. The second kappa shape index (κ2) is 14.5. The van der Waals surface area contributed by atoms with Crippen LogP contribution in [0.5, 0.6) is 0 Å². The largest absolute Gasteiger partial charge is 0.456 e. The predicted molar refractivity (Wildman–Crippen MR) is 289 cm³/mol. The maximum atomic E-state index is 6.45. The van der Waals surface area contributed by atoms with E-state index in [0.29, 0.717) is 5.82 Å². The Labute approximate surface area is 403 Å². The number of fused-ring (bicyclic) bond motifs is 13. The molecule has 70 heavy (non-hydrogen) atoms. The Balaban J connectivity index is 0.925. The number of benzene rings is 10. The van der Waals surface area contributed by atoms with E-state index >= 15 is 0 Å². The van der Waals surface area contributed by atoms with Gasteiger partial charge >= 0.3 is 0 Å². The topological polar surface area (TPSA) is 48.8 Å². The molecule has 10 aromatic carbocycles. The first-order valence-corrected chi connectivity index (χ1v) is 24.1. The van der Waals surface area contributed by atoms with E-state index < -0.39 is 0 Å². The summed E-state index contributed by atoms with van der Waals surface area (Å²) in [7, 11) is 0. The first-order chi connectivity index (χ1) is 34.4. The summed E-state index contributed by atoms with van der Waals surface area (Å²) >= 11 is 0. The van der Waals surface area contributed by atoms with Crippen molar-refractivity contribution in [3.8, 4) is 56.3 Å². The highest BCUT2D eigenvalue weighted by Crippen LogP contribution is 2.51. The molecule has 0 amide bonds. The van der Waals surface area contributed by atoms with Crippen LogP contribution in [0.25, 0.3) is 133 Å². The van der Waals surface area contributed by atoms with Gasteiger partial charge in [-0.1, -0.05) is 135 Å². The molecule has 1 aliphatic rings. The molecule has 1 aliphatic carbocycles. The summed E-state index contributed by atoms with van der Waals surface area (Å²) in [5.41, 5.74) is 20.1. The van der Waals surface area contributed by atoms with E-state index in [1.54, 1.807) is 0 Å². The van der Waals surface area contributed by atoms with Gasteiger partial charge in [-0.15, -0.1) is 0 Å². The monoisotopic (exact) mass is 894 g/mol. The molecular weight excluding hydrogens is 853 g/mol. The minimum atomic E-state index is -0.150. The van der Waals surface area contributed by atoms with Crippen LogP contribution >= 0.6 is 0 Å². The summed E-state index contributed by atoms with van der Waals surface area (Å²) in [6, 6.07) is 78.9. The van der Waals surface area contributed by atoms with Crippen molar-refractivity contribution in [2.75, 3.05) is 0 Å². The lowest BCUT2D eigenvalue weighted by Gasteiger charge is -2.21. The van der Waals surface area contributed by atoms with Crippen molar-refractivity contribution < 1.29 is 4.42 Å². The van der Waals surface area contributed by atoms with Gasteiger partial charge in [0, 0.05) is 71.7 Å². The minimum absolute atomic E-state index is 0.150. The highest BCUT2D eigenvalue weighted by molar-refractivity contribution is 6.18. The Morgan fingerprint density at radius 3 is 1.70 bits per heavy atom.